The van der Waals surface area contributed by atoms with Crippen LogP contribution in [0.2, 0.25) is 5.02 Å². The van der Waals surface area contributed by atoms with Gasteiger partial charge in [-0.3, -0.25) is 0 Å². The zero-order chi connectivity index (χ0) is 25.4. The van der Waals surface area contributed by atoms with E-state index in [0.717, 1.165) is 44.8 Å². The van der Waals surface area contributed by atoms with Crippen LogP contribution in [0.1, 0.15) is 29.2 Å². The van der Waals surface area contributed by atoms with Crippen LogP contribution in [0.5, 0.6) is 5.75 Å². The third kappa shape index (κ3) is 4.66. The number of carbonyl (C=O) groups is 1. The Hall–Kier alpha value is -3.87. The van der Waals surface area contributed by atoms with Crippen molar-refractivity contribution < 1.29 is 14.2 Å². The van der Waals surface area contributed by atoms with Crippen LogP contribution in [0.3, 0.4) is 0 Å². The standard InChI is InChI=1S/C30H22ClN3O2S/c1-36-24-14-12-20(13-15-24)27-18-26(23-11-10-19-6-2-3-7-21(19)16-23)33-34(27)29-28(37-30(35)32-29)17-22-8-4-5-9-25(22)31/h2-17,27H,18H2,1H3/p+1/b28-17-/t27-/m0/s1. The number of ether oxygens (including phenoxy) is 1. The maximum atomic E-state index is 12.6. The first kappa shape index (κ1) is 23.5. The number of hydrazone groups is 1. The summed E-state index contributed by atoms with van der Waals surface area (Å²) in [6.45, 7) is 0. The van der Waals surface area contributed by atoms with Gasteiger partial charge in [0.2, 0.25) is 0 Å². The Morgan fingerprint density at radius 3 is 2.54 bits per heavy atom. The molecule has 0 saturated carbocycles. The van der Waals surface area contributed by atoms with Crippen LogP contribution >= 0.6 is 23.4 Å². The number of benzene rings is 4. The number of halogens is 1. The van der Waals surface area contributed by atoms with Gasteiger partial charge in [0.15, 0.2) is 6.04 Å². The van der Waals surface area contributed by atoms with Gasteiger partial charge in [0.05, 0.1) is 12.8 Å². The van der Waals surface area contributed by atoms with E-state index in [9.17, 15) is 4.79 Å². The normalized spacial score (nSPS) is 20.4. The first-order valence-electron chi connectivity index (χ1n) is 11.9. The van der Waals surface area contributed by atoms with Crippen LogP contribution in [0, 0.1) is 0 Å². The minimum atomic E-state index is -0.142. The van der Waals surface area contributed by atoms with Gasteiger partial charge < -0.3 is 4.74 Å². The molecule has 0 unspecified atom stereocenters. The van der Waals surface area contributed by atoms with Crippen molar-refractivity contribution in [2.24, 2.45) is 5.10 Å². The Morgan fingerprint density at radius 1 is 1.00 bits per heavy atom. The van der Waals surface area contributed by atoms with E-state index >= 15 is 0 Å². The number of hydrogen-bond donors (Lipinski definition) is 1. The van der Waals surface area contributed by atoms with Crippen molar-refractivity contribution in [1.29, 1.82) is 0 Å². The molecule has 182 valence electrons. The van der Waals surface area contributed by atoms with E-state index in [4.69, 9.17) is 21.4 Å². The number of amides is 1. The molecular weight excluding hydrogens is 502 g/mol. The van der Waals surface area contributed by atoms with Crippen molar-refractivity contribution in [2.45, 2.75) is 12.5 Å². The van der Waals surface area contributed by atoms with Gasteiger partial charge in [0, 0.05) is 28.8 Å². The molecule has 37 heavy (non-hydrogen) atoms. The number of carbonyl (C=O) groups excluding carboxylic acids is 1. The first-order chi connectivity index (χ1) is 18.1. The number of fused-ring (bicyclic) bond motifs is 1. The maximum Gasteiger partial charge on any atom is 0.372 e. The van der Waals surface area contributed by atoms with Gasteiger partial charge in [-0.25, -0.2) is 4.79 Å². The number of hydrogen-bond acceptors (Lipinski definition) is 4. The maximum absolute atomic E-state index is 12.6. The van der Waals surface area contributed by atoms with Crippen LogP contribution in [0.25, 0.3) is 16.8 Å². The summed E-state index contributed by atoms with van der Waals surface area (Å²) in [5, 5.41) is 10.9. The number of methoxy groups -OCH3 is 1. The Morgan fingerprint density at radius 2 is 1.76 bits per heavy atom. The van der Waals surface area contributed by atoms with Gasteiger partial charge in [-0.1, -0.05) is 83.4 Å². The lowest BCUT2D eigenvalue weighted by Gasteiger charge is -2.11. The van der Waals surface area contributed by atoms with Gasteiger partial charge in [-0.05, 0) is 52.2 Å². The molecular formula is C30H23ClN3O2S+. The van der Waals surface area contributed by atoms with E-state index in [1.54, 1.807) is 7.11 Å². The predicted octanol–water partition coefficient (Wildman–Crippen LogP) is 7.26. The SMILES string of the molecule is COc1ccc([C@@H]2CC(c3ccc4ccccc4c3)=N/[N+]2=C2\NC(=O)S\C2=C/c2ccccc2Cl)cc1. The lowest BCUT2D eigenvalue weighted by molar-refractivity contribution is -0.568. The second-order valence-electron chi connectivity index (χ2n) is 8.84. The molecule has 1 saturated heterocycles. The molecule has 7 heteroatoms. The van der Waals surface area contributed by atoms with Crippen LogP contribution in [-0.4, -0.2) is 28.6 Å². The molecule has 2 aliphatic rings. The molecule has 5 nitrogen and oxygen atoms in total. The van der Waals surface area contributed by atoms with Crippen molar-refractivity contribution in [3.05, 3.63) is 118 Å². The Kier molecular flexibility index (Phi) is 6.28. The lowest BCUT2D eigenvalue weighted by Crippen LogP contribution is -2.29. The monoisotopic (exact) mass is 524 g/mol. The number of rotatable bonds is 4. The van der Waals surface area contributed by atoms with Crippen LogP contribution in [-0.2, 0) is 0 Å². The van der Waals surface area contributed by atoms with E-state index in [0.29, 0.717) is 17.3 Å². The summed E-state index contributed by atoms with van der Waals surface area (Å²) >= 11 is 7.58. The average Bonchev–Trinajstić information content (AvgIpc) is 3.53. The number of thioether (sulfide) groups is 1. The Bertz CT molecular complexity index is 1630. The number of nitrogens with zero attached hydrogens (tertiary/aromatic N) is 2. The van der Waals surface area contributed by atoms with Gasteiger partial charge in [-0.2, -0.15) is 5.32 Å². The lowest BCUT2D eigenvalue weighted by atomic mass is 9.97. The highest BCUT2D eigenvalue weighted by Gasteiger charge is 2.40. The number of nitrogens with one attached hydrogen (secondary N) is 1. The summed E-state index contributed by atoms with van der Waals surface area (Å²) in [7, 11) is 1.66. The second-order valence-corrected chi connectivity index (χ2v) is 10.3. The van der Waals surface area contributed by atoms with Gasteiger partial charge in [0.1, 0.15) is 10.7 Å². The van der Waals surface area contributed by atoms with Crippen molar-refractivity contribution >= 4 is 57.0 Å². The highest BCUT2D eigenvalue weighted by molar-refractivity contribution is 8.18. The highest BCUT2D eigenvalue weighted by Crippen LogP contribution is 2.35. The molecule has 1 atom stereocenters. The highest BCUT2D eigenvalue weighted by atomic mass is 35.5. The summed E-state index contributed by atoms with van der Waals surface area (Å²) in [6.07, 6.45) is 2.63. The van der Waals surface area contributed by atoms with E-state index in [2.05, 4.69) is 47.8 Å². The molecule has 0 aliphatic carbocycles. The smallest absolute Gasteiger partial charge is 0.372 e. The quantitative estimate of drug-likeness (QED) is 0.286. The Labute approximate surface area is 224 Å². The summed E-state index contributed by atoms with van der Waals surface area (Å²) < 4.78 is 7.31. The fourth-order valence-electron chi connectivity index (χ4n) is 4.68. The third-order valence-corrected chi connectivity index (χ3v) is 7.73. The minimum Gasteiger partial charge on any atom is -0.497 e. The zero-order valence-corrected chi connectivity index (χ0v) is 21.6. The zero-order valence-electron chi connectivity index (χ0n) is 20.0. The third-order valence-electron chi connectivity index (χ3n) is 6.57. The molecule has 0 radical (unpaired) electrons. The molecule has 1 fully saturated rings. The molecule has 2 aliphatic heterocycles. The Balaban J connectivity index is 1.49. The molecule has 4 aromatic carbocycles. The second kappa shape index (κ2) is 9.88. The molecule has 0 bridgehead atoms. The minimum absolute atomic E-state index is 0.101. The average molecular weight is 525 g/mol. The molecule has 4 aromatic rings. The van der Waals surface area contributed by atoms with Gasteiger partial charge in [0.25, 0.3) is 0 Å². The first-order valence-corrected chi connectivity index (χ1v) is 13.1. The predicted molar refractivity (Wildman–Crippen MR) is 152 cm³/mol. The fraction of sp³-hybridized carbons (Fsp3) is 0.100. The van der Waals surface area contributed by atoms with Crippen LogP contribution < -0.4 is 10.1 Å². The van der Waals surface area contributed by atoms with Gasteiger partial charge in [-0.15, -0.1) is 4.68 Å². The molecule has 1 N–H and O–H groups in total. The summed E-state index contributed by atoms with van der Waals surface area (Å²) in [6, 6.07) is 30.2. The van der Waals surface area contributed by atoms with Crippen molar-refractivity contribution in [3.63, 3.8) is 0 Å². The molecule has 0 aromatic heterocycles. The summed E-state index contributed by atoms with van der Waals surface area (Å²) in [5.41, 5.74) is 3.95. The molecule has 6 rings (SSSR count). The van der Waals surface area contributed by atoms with E-state index < -0.39 is 0 Å². The molecule has 0 spiro atoms. The summed E-state index contributed by atoms with van der Waals surface area (Å²) in [5.74, 6) is 1.45. The van der Waals surface area contributed by atoms with E-state index in [1.165, 1.54) is 10.8 Å². The van der Waals surface area contributed by atoms with E-state index in [1.807, 2.05) is 59.3 Å². The number of amidine groups is 1. The largest absolute Gasteiger partial charge is 0.497 e. The molecule has 2 heterocycles. The fourth-order valence-corrected chi connectivity index (χ4v) is 5.64. The van der Waals surface area contributed by atoms with Crippen molar-refractivity contribution in [2.75, 3.05) is 7.11 Å². The summed E-state index contributed by atoms with van der Waals surface area (Å²) in [4.78, 5) is 13.4. The van der Waals surface area contributed by atoms with E-state index in [-0.39, 0.29) is 11.3 Å². The van der Waals surface area contributed by atoms with Crippen molar-refractivity contribution in [3.8, 4) is 5.75 Å². The van der Waals surface area contributed by atoms with Crippen LogP contribution in [0.15, 0.2) is 101 Å². The van der Waals surface area contributed by atoms with Crippen LogP contribution in [0.4, 0.5) is 4.79 Å². The van der Waals surface area contributed by atoms with Gasteiger partial charge >= 0.3 is 11.1 Å². The topological polar surface area (TPSA) is 53.7 Å². The molecule has 1 amide bonds. The van der Waals surface area contributed by atoms with Crippen molar-refractivity contribution in [1.82, 2.24) is 5.32 Å².